The van der Waals surface area contributed by atoms with E-state index in [-0.39, 0.29) is 27.4 Å². The highest BCUT2D eigenvalue weighted by Crippen LogP contribution is 2.22. The first-order valence-corrected chi connectivity index (χ1v) is 13.6. The molecule has 1 aromatic heterocycles. The fourth-order valence-corrected chi connectivity index (χ4v) is 5.30. The average molecular weight is 567 g/mol. The van der Waals surface area contributed by atoms with Gasteiger partial charge in [-0.1, -0.05) is 24.3 Å². The number of carbonyl (C=O) groups excluding carboxylic acids is 2. The van der Waals surface area contributed by atoms with Crippen molar-refractivity contribution in [2.45, 2.75) is 31.8 Å². The molecule has 208 valence electrons. The normalized spacial score (nSPS) is 12.0. The summed E-state index contributed by atoms with van der Waals surface area (Å²) < 4.78 is 49.8. The summed E-state index contributed by atoms with van der Waals surface area (Å²) >= 11 is 0. The van der Waals surface area contributed by atoms with Gasteiger partial charge in [0.1, 0.15) is 11.5 Å². The molecule has 0 aliphatic carbocycles. The summed E-state index contributed by atoms with van der Waals surface area (Å²) in [5.74, 6) is -2.18. The van der Waals surface area contributed by atoms with Crippen molar-refractivity contribution in [3.8, 4) is 5.69 Å². The van der Waals surface area contributed by atoms with Crippen molar-refractivity contribution >= 4 is 33.3 Å². The number of benzene rings is 3. The summed E-state index contributed by atoms with van der Waals surface area (Å²) in [6, 6.07) is 18.0. The standard InChI is InChI=1S/C28H27FN4O6S/c1-17-23(29)11-8-12-24(17)40(37,38)31-21-15-13-20(14-16-21)28(36)39-19(3)26(34)30-25-18(2)32(4)33(27(25)35)22-9-6-5-7-10-22/h5-16,19,31H,1-4H3,(H,30,34). The molecular formula is C28H27FN4O6S. The summed E-state index contributed by atoms with van der Waals surface area (Å²) in [5, 5.41) is 2.55. The highest BCUT2D eigenvalue weighted by molar-refractivity contribution is 7.92. The number of carbonyl (C=O) groups is 2. The molecule has 40 heavy (non-hydrogen) atoms. The second-order valence-corrected chi connectivity index (χ2v) is 10.7. The summed E-state index contributed by atoms with van der Waals surface area (Å²) in [6.45, 7) is 4.40. The quantitative estimate of drug-likeness (QED) is 0.311. The number of sulfonamides is 1. The molecule has 10 nitrogen and oxygen atoms in total. The maximum Gasteiger partial charge on any atom is 0.338 e. The average Bonchev–Trinajstić information content (AvgIpc) is 3.13. The molecule has 0 aliphatic heterocycles. The Balaban J connectivity index is 1.43. The summed E-state index contributed by atoms with van der Waals surface area (Å²) in [4.78, 5) is 38.2. The fraction of sp³-hybridized carbons (Fsp3) is 0.179. The number of hydrogen-bond donors (Lipinski definition) is 2. The molecule has 2 N–H and O–H groups in total. The number of aromatic nitrogens is 2. The van der Waals surface area contributed by atoms with Gasteiger partial charge in [-0.3, -0.25) is 19.0 Å². The third kappa shape index (κ3) is 5.66. The molecule has 4 rings (SSSR count). The van der Waals surface area contributed by atoms with Gasteiger partial charge in [-0.15, -0.1) is 0 Å². The highest BCUT2D eigenvalue weighted by atomic mass is 32.2. The van der Waals surface area contributed by atoms with Crippen LogP contribution in [0.4, 0.5) is 15.8 Å². The summed E-state index contributed by atoms with van der Waals surface area (Å²) in [6.07, 6.45) is -1.24. The maximum atomic E-state index is 13.8. The number of nitrogens with zero attached hydrogens (tertiary/aromatic N) is 2. The van der Waals surface area contributed by atoms with Crippen molar-refractivity contribution in [1.29, 1.82) is 0 Å². The Morgan fingerprint density at radius 1 is 0.950 bits per heavy atom. The predicted molar refractivity (Wildman–Crippen MR) is 148 cm³/mol. The van der Waals surface area contributed by atoms with Gasteiger partial charge < -0.3 is 10.1 Å². The van der Waals surface area contributed by atoms with E-state index in [0.717, 1.165) is 6.07 Å². The van der Waals surface area contributed by atoms with Crippen LogP contribution in [0.15, 0.2) is 82.5 Å². The summed E-state index contributed by atoms with van der Waals surface area (Å²) in [7, 11) is -2.39. The molecule has 0 bridgehead atoms. The van der Waals surface area contributed by atoms with E-state index in [4.69, 9.17) is 4.74 Å². The van der Waals surface area contributed by atoms with E-state index in [0.29, 0.717) is 11.4 Å². The Morgan fingerprint density at radius 3 is 2.25 bits per heavy atom. The fourth-order valence-electron chi connectivity index (χ4n) is 3.98. The van der Waals surface area contributed by atoms with Crippen LogP contribution in [0.5, 0.6) is 0 Å². The van der Waals surface area contributed by atoms with E-state index in [1.165, 1.54) is 54.9 Å². The van der Waals surface area contributed by atoms with Crippen LogP contribution in [0.3, 0.4) is 0 Å². The first-order valence-electron chi connectivity index (χ1n) is 12.1. The van der Waals surface area contributed by atoms with E-state index in [9.17, 15) is 27.2 Å². The number of rotatable bonds is 8. The molecule has 3 aromatic carbocycles. The third-order valence-corrected chi connectivity index (χ3v) is 7.86. The zero-order valence-electron chi connectivity index (χ0n) is 22.1. The Labute approximate surface area is 230 Å². The lowest BCUT2D eigenvalue weighted by Gasteiger charge is -2.14. The molecule has 1 atom stereocenters. The van der Waals surface area contributed by atoms with Crippen molar-refractivity contribution in [2.24, 2.45) is 7.05 Å². The number of halogens is 1. The lowest BCUT2D eigenvalue weighted by molar-refractivity contribution is -0.123. The topological polar surface area (TPSA) is 128 Å². The molecule has 0 saturated heterocycles. The number of amides is 1. The number of nitrogens with one attached hydrogen (secondary N) is 2. The first kappa shape index (κ1) is 28.3. The van der Waals surface area contributed by atoms with Crippen LogP contribution in [0.25, 0.3) is 5.69 Å². The molecular weight excluding hydrogens is 539 g/mol. The maximum absolute atomic E-state index is 13.8. The molecule has 12 heteroatoms. The molecule has 0 aliphatic rings. The minimum atomic E-state index is -4.07. The Bertz CT molecular complexity index is 1750. The third-order valence-electron chi connectivity index (χ3n) is 6.34. The Morgan fingerprint density at radius 2 is 1.60 bits per heavy atom. The minimum absolute atomic E-state index is 0.0212. The monoisotopic (exact) mass is 566 g/mol. The zero-order valence-corrected chi connectivity index (χ0v) is 23.0. The number of para-hydroxylation sites is 1. The highest BCUT2D eigenvalue weighted by Gasteiger charge is 2.24. The zero-order chi connectivity index (χ0) is 29.2. The Hall–Kier alpha value is -4.71. The number of ether oxygens (including phenoxy) is 1. The van der Waals surface area contributed by atoms with Crippen molar-refractivity contribution in [3.63, 3.8) is 0 Å². The molecule has 4 aromatic rings. The van der Waals surface area contributed by atoms with Gasteiger partial charge in [0.25, 0.3) is 21.5 Å². The molecule has 1 heterocycles. The van der Waals surface area contributed by atoms with Gasteiger partial charge in [-0.05, 0) is 69.3 Å². The van der Waals surface area contributed by atoms with Gasteiger partial charge in [-0.25, -0.2) is 22.3 Å². The van der Waals surface area contributed by atoms with Crippen molar-refractivity contribution < 1.29 is 27.1 Å². The van der Waals surface area contributed by atoms with Crippen LogP contribution < -0.4 is 15.6 Å². The van der Waals surface area contributed by atoms with Crippen LogP contribution in [0.2, 0.25) is 0 Å². The predicted octanol–water partition coefficient (Wildman–Crippen LogP) is 3.92. The Kier molecular flexibility index (Phi) is 7.91. The van der Waals surface area contributed by atoms with Gasteiger partial charge in [0.15, 0.2) is 6.10 Å². The molecule has 0 fully saturated rings. The van der Waals surface area contributed by atoms with Crippen LogP contribution >= 0.6 is 0 Å². The number of esters is 1. The molecule has 0 saturated carbocycles. The van der Waals surface area contributed by atoms with E-state index < -0.39 is 39.4 Å². The van der Waals surface area contributed by atoms with Crippen molar-refractivity contribution in [3.05, 3.63) is 106 Å². The van der Waals surface area contributed by atoms with E-state index >= 15 is 0 Å². The van der Waals surface area contributed by atoms with Crippen molar-refractivity contribution in [1.82, 2.24) is 9.36 Å². The molecule has 0 radical (unpaired) electrons. The smallest absolute Gasteiger partial charge is 0.338 e. The minimum Gasteiger partial charge on any atom is -0.449 e. The van der Waals surface area contributed by atoms with Crippen LogP contribution in [0.1, 0.15) is 28.5 Å². The van der Waals surface area contributed by atoms with Gasteiger partial charge in [0.05, 0.1) is 21.8 Å². The largest absolute Gasteiger partial charge is 0.449 e. The second kappa shape index (κ2) is 11.2. The second-order valence-electron chi connectivity index (χ2n) is 9.02. The van der Waals surface area contributed by atoms with Gasteiger partial charge in [0.2, 0.25) is 0 Å². The van der Waals surface area contributed by atoms with Crippen LogP contribution in [-0.2, 0) is 26.6 Å². The first-order chi connectivity index (χ1) is 18.9. The van der Waals surface area contributed by atoms with Crippen molar-refractivity contribution in [2.75, 3.05) is 10.0 Å². The van der Waals surface area contributed by atoms with Gasteiger partial charge >= 0.3 is 5.97 Å². The molecule has 1 amide bonds. The van der Waals surface area contributed by atoms with E-state index in [2.05, 4.69) is 10.0 Å². The molecule has 1 unspecified atom stereocenters. The lowest BCUT2D eigenvalue weighted by atomic mass is 10.2. The van der Waals surface area contributed by atoms with E-state index in [1.54, 1.807) is 42.9 Å². The lowest BCUT2D eigenvalue weighted by Crippen LogP contribution is -2.32. The van der Waals surface area contributed by atoms with Crippen LogP contribution in [-0.4, -0.2) is 35.8 Å². The van der Waals surface area contributed by atoms with Gasteiger partial charge in [0, 0.05) is 18.3 Å². The van der Waals surface area contributed by atoms with E-state index in [1.807, 2.05) is 6.07 Å². The summed E-state index contributed by atoms with van der Waals surface area (Å²) in [5.41, 5.74) is 0.926. The van der Waals surface area contributed by atoms with Gasteiger partial charge in [-0.2, -0.15) is 0 Å². The SMILES string of the molecule is Cc1c(F)cccc1S(=O)(=O)Nc1ccc(C(=O)OC(C)C(=O)Nc2c(C)n(C)n(-c3ccccc3)c2=O)cc1. The number of anilines is 2. The number of hydrogen-bond acceptors (Lipinski definition) is 6. The molecule has 0 spiro atoms. The van der Waals surface area contributed by atoms with Crippen LogP contribution in [0, 0.1) is 19.7 Å².